The molecule has 0 aliphatic rings. The highest BCUT2D eigenvalue weighted by Crippen LogP contribution is 2.25. The maximum atomic E-state index is 13.0. The molecular formula is C10H9F2N3. The second-order valence-electron chi connectivity index (χ2n) is 3.27. The molecule has 78 valence electrons. The molecule has 3 nitrogen and oxygen atoms in total. The number of rotatable bonds is 1. The number of hydrogen-bond donors (Lipinski definition) is 2. The molecule has 0 amide bonds. The van der Waals surface area contributed by atoms with E-state index in [1.807, 2.05) is 6.92 Å². The fourth-order valence-electron chi connectivity index (χ4n) is 1.32. The van der Waals surface area contributed by atoms with Crippen molar-refractivity contribution in [3.05, 3.63) is 35.7 Å². The number of halogens is 2. The zero-order valence-corrected chi connectivity index (χ0v) is 8.01. The summed E-state index contributed by atoms with van der Waals surface area (Å²) in [7, 11) is 0. The van der Waals surface area contributed by atoms with Crippen molar-refractivity contribution in [1.82, 2.24) is 9.97 Å². The number of aromatic amines is 1. The Bertz CT molecular complexity index is 505. The summed E-state index contributed by atoms with van der Waals surface area (Å²) < 4.78 is 25.8. The van der Waals surface area contributed by atoms with Gasteiger partial charge in [-0.2, -0.15) is 0 Å². The number of anilines is 1. The van der Waals surface area contributed by atoms with E-state index in [4.69, 9.17) is 5.73 Å². The van der Waals surface area contributed by atoms with E-state index in [-0.39, 0.29) is 5.69 Å². The van der Waals surface area contributed by atoms with E-state index >= 15 is 0 Å². The Kier molecular flexibility index (Phi) is 2.15. The van der Waals surface area contributed by atoms with E-state index < -0.39 is 11.6 Å². The molecule has 0 spiro atoms. The lowest BCUT2D eigenvalue weighted by Gasteiger charge is -2.03. The third-order valence-corrected chi connectivity index (χ3v) is 2.05. The van der Waals surface area contributed by atoms with Gasteiger partial charge in [0.25, 0.3) is 0 Å². The van der Waals surface area contributed by atoms with E-state index in [1.54, 1.807) is 6.20 Å². The lowest BCUT2D eigenvalue weighted by atomic mass is 10.1. The highest BCUT2D eigenvalue weighted by molar-refractivity contribution is 5.71. The number of nitrogens with one attached hydrogen (secondary N) is 1. The van der Waals surface area contributed by atoms with Crippen LogP contribution in [0.3, 0.4) is 0 Å². The van der Waals surface area contributed by atoms with Gasteiger partial charge in [-0.05, 0) is 13.0 Å². The van der Waals surface area contributed by atoms with Crippen LogP contribution in [-0.4, -0.2) is 9.97 Å². The zero-order valence-electron chi connectivity index (χ0n) is 8.01. The minimum absolute atomic E-state index is 0.156. The molecule has 1 heterocycles. The van der Waals surface area contributed by atoms with Gasteiger partial charge in [0.2, 0.25) is 0 Å². The SMILES string of the molecule is Cc1cnc(-c2cc(F)c(F)cc2N)[nH]1. The summed E-state index contributed by atoms with van der Waals surface area (Å²) in [6, 6.07) is 1.98. The molecule has 0 aliphatic heterocycles. The van der Waals surface area contributed by atoms with Gasteiger partial charge in [-0.3, -0.25) is 0 Å². The molecule has 1 aromatic carbocycles. The monoisotopic (exact) mass is 209 g/mol. The molecule has 3 N–H and O–H groups in total. The first-order valence-corrected chi connectivity index (χ1v) is 4.34. The molecule has 2 rings (SSSR count). The van der Waals surface area contributed by atoms with E-state index in [0.29, 0.717) is 11.4 Å². The molecule has 5 heteroatoms. The van der Waals surface area contributed by atoms with Crippen LogP contribution in [0.2, 0.25) is 0 Å². The van der Waals surface area contributed by atoms with Crippen molar-refractivity contribution >= 4 is 5.69 Å². The van der Waals surface area contributed by atoms with E-state index in [0.717, 1.165) is 17.8 Å². The fourth-order valence-corrected chi connectivity index (χ4v) is 1.32. The molecule has 0 aliphatic carbocycles. The van der Waals surface area contributed by atoms with Crippen LogP contribution in [0.4, 0.5) is 14.5 Å². The van der Waals surface area contributed by atoms with Crippen LogP contribution in [0.5, 0.6) is 0 Å². The maximum absolute atomic E-state index is 13.0. The van der Waals surface area contributed by atoms with Crippen LogP contribution in [0.25, 0.3) is 11.4 Å². The van der Waals surface area contributed by atoms with Crippen molar-refractivity contribution in [2.24, 2.45) is 0 Å². The largest absolute Gasteiger partial charge is 0.398 e. The molecule has 0 saturated carbocycles. The Morgan fingerprint density at radius 1 is 1.27 bits per heavy atom. The maximum Gasteiger partial charge on any atom is 0.160 e. The molecule has 2 aromatic rings. The van der Waals surface area contributed by atoms with Crippen LogP contribution >= 0.6 is 0 Å². The summed E-state index contributed by atoms with van der Waals surface area (Å²) in [6.07, 6.45) is 1.59. The Balaban J connectivity index is 2.58. The molecular weight excluding hydrogens is 200 g/mol. The predicted octanol–water partition coefficient (Wildman–Crippen LogP) is 2.25. The number of benzene rings is 1. The molecule has 0 radical (unpaired) electrons. The van der Waals surface area contributed by atoms with Crippen LogP contribution in [0, 0.1) is 18.6 Å². The Morgan fingerprint density at radius 3 is 2.53 bits per heavy atom. The normalized spacial score (nSPS) is 10.6. The van der Waals surface area contributed by atoms with Gasteiger partial charge in [0.1, 0.15) is 5.82 Å². The average molecular weight is 209 g/mol. The van der Waals surface area contributed by atoms with Gasteiger partial charge in [0.05, 0.1) is 0 Å². The van der Waals surface area contributed by atoms with Crippen molar-refractivity contribution in [2.75, 3.05) is 5.73 Å². The molecule has 0 saturated heterocycles. The minimum atomic E-state index is -0.959. The second-order valence-corrected chi connectivity index (χ2v) is 3.27. The number of nitrogens with zero attached hydrogens (tertiary/aromatic N) is 1. The number of imidazole rings is 1. The summed E-state index contributed by atoms with van der Waals surface area (Å²) in [5, 5.41) is 0. The first-order valence-electron chi connectivity index (χ1n) is 4.34. The summed E-state index contributed by atoms with van der Waals surface area (Å²) in [5.41, 5.74) is 6.91. The third kappa shape index (κ3) is 1.68. The number of aromatic nitrogens is 2. The summed E-state index contributed by atoms with van der Waals surface area (Å²) >= 11 is 0. The Hall–Kier alpha value is -1.91. The van der Waals surface area contributed by atoms with Crippen LogP contribution in [0.15, 0.2) is 18.3 Å². The number of hydrogen-bond acceptors (Lipinski definition) is 2. The van der Waals surface area contributed by atoms with Crippen molar-refractivity contribution < 1.29 is 8.78 Å². The molecule has 1 aromatic heterocycles. The van der Waals surface area contributed by atoms with Crippen molar-refractivity contribution in [3.8, 4) is 11.4 Å². The topological polar surface area (TPSA) is 54.7 Å². The number of aryl methyl sites for hydroxylation is 1. The minimum Gasteiger partial charge on any atom is -0.398 e. The molecule has 0 atom stereocenters. The molecule has 0 unspecified atom stereocenters. The van der Waals surface area contributed by atoms with Crippen LogP contribution < -0.4 is 5.73 Å². The summed E-state index contributed by atoms with van der Waals surface area (Å²) in [5.74, 6) is -1.46. The van der Waals surface area contributed by atoms with E-state index in [1.165, 1.54) is 0 Å². The van der Waals surface area contributed by atoms with E-state index in [2.05, 4.69) is 9.97 Å². The van der Waals surface area contributed by atoms with Gasteiger partial charge in [0.15, 0.2) is 11.6 Å². The summed E-state index contributed by atoms with van der Waals surface area (Å²) in [6.45, 7) is 1.81. The lowest BCUT2D eigenvalue weighted by molar-refractivity contribution is 0.509. The number of nitrogen functional groups attached to an aromatic ring is 1. The molecule has 0 fully saturated rings. The van der Waals surface area contributed by atoms with Crippen molar-refractivity contribution in [3.63, 3.8) is 0 Å². The van der Waals surface area contributed by atoms with Gasteiger partial charge in [-0.25, -0.2) is 13.8 Å². The van der Waals surface area contributed by atoms with Gasteiger partial charge < -0.3 is 10.7 Å². The fraction of sp³-hybridized carbons (Fsp3) is 0.100. The zero-order chi connectivity index (χ0) is 11.0. The molecule has 15 heavy (non-hydrogen) atoms. The first-order chi connectivity index (χ1) is 7.08. The average Bonchev–Trinajstić information content (AvgIpc) is 2.58. The van der Waals surface area contributed by atoms with Crippen molar-refractivity contribution in [2.45, 2.75) is 6.92 Å². The first kappa shape index (κ1) is 9.64. The quantitative estimate of drug-likeness (QED) is 0.707. The van der Waals surface area contributed by atoms with Crippen LogP contribution in [0.1, 0.15) is 5.69 Å². The van der Waals surface area contributed by atoms with Crippen molar-refractivity contribution in [1.29, 1.82) is 0 Å². The molecule has 0 bridgehead atoms. The van der Waals surface area contributed by atoms with Gasteiger partial charge in [0, 0.05) is 29.2 Å². The Morgan fingerprint density at radius 2 is 1.93 bits per heavy atom. The smallest absolute Gasteiger partial charge is 0.160 e. The third-order valence-electron chi connectivity index (χ3n) is 2.05. The summed E-state index contributed by atoms with van der Waals surface area (Å²) in [4.78, 5) is 6.89. The number of nitrogens with two attached hydrogens (primary N) is 1. The lowest BCUT2D eigenvalue weighted by Crippen LogP contribution is -1.95. The standard InChI is InChI=1S/C10H9F2N3/c1-5-4-14-10(15-5)6-2-7(11)8(12)3-9(6)13/h2-4H,13H2,1H3,(H,14,15). The highest BCUT2D eigenvalue weighted by Gasteiger charge is 2.11. The number of H-pyrrole nitrogens is 1. The predicted molar refractivity (Wildman–Crippen MR) is 53.1 cm³/mol. The van der Waals surface area contributed by atoms with E-state index in [9.17, 15) is 8.78 Å². The Labute approximate surface area is 85.0 Å². The van der Waals surface area contributed by atoms with Gasteiger partial charge in [-0.15, -0.1) is 0 Å². The highest BCUT2D eigenvalue weighted by atomic mass is 19.2. The second kappa shape index (κ2) is 3.34. The van der Waals surface area contributed by atoms with Gasteiger partial charge in [-0.1, -0.05) is 0 Å². The van der Waals surface area contributed by atoms with Gasteiger partial charge >= 0.3 is 0 Å². The van der Waals surface area contributed by atoms with Crippen LogP contribution in [-0.2, 0) is 0 Å².